The van der Waals surface area contributed by atoms with Crippen LogP contribution >= 0.6 is 0 Å². The van der Waals surface area contributed by atoms with E-state index in [0.29, 0.717) is 26.2 Å². The van der Waals surface area contributed by atoms with Gasteiger partial charge in [0.25, 0.3) is 0 Å². The molecule has 5 heteroatoms. The molecule has 0 saturated heterocycles. The number of unbranched alkanes of at least 4 members (excludes halogenated alkanes) is 22. The van der Waals surface area contributed by atoms with Gasteiger partial charge in [0.1, 0.15) is 0 Å². The smallest absolute Gasteiger partial charge is 0.237 e. The van der Waals surface area contributed by atoms with Crippen molar-refractivity contribution in [2.45, 2.75) is 187 Å². The first-order chi connectivity index (χ1) is 25.1. The first-order valence-corrected chi connectivity index (χ1v) is 21.5. The van der Waals surface area contributed by atoms with E-state index in [2.05, 4.69) is 55.6 Å². The molecular weight excluding hydrogens is 629 g/mol. The van der Waals surface area contributed by atoms with Gasteiger partial charge in [-0.15, -0.1) is 0 Å². The summed E-state index contributed by atoms with van der Waals surface area (Å²) in [4.78, 5) is 13.0. The van der Waals surface area contributed by atoms with Crippen LogP contribution in [-0.2, 0) is 20.7 Å². The van der Waals surface area contributed by atoms with E-state index in [1.165, 1.54) is 147 Å². The van der Waals surface area contributed by atoms with Gasteiger partial charge in [0, 0.05) is 19.8 Å². The Morgan fingerprint density at radius 2 is 1.00 bits per heavy atom. The van der Waals surface area contributed by atoms with Crippen molar-refractivity contribution in [3.8, 4) is 11.1 Å². The number of benzene rings is 2. The maximum Gasteiger partial charge on any atom is 0.237 e. The number of nitrogens with one attached hydrogen (secondary N) is 1. The van der Waals surface area contributed by atoms with E-state index in [1.807, 2.05) is 18.2 Å². The van der Waals surface area contributed by atoms with Crippen molar-refractivity contribution >= 4 is 5.91 Å². The molecule has 2 rings (SSSR count). The van der Waals surface area contributed by atoms with Crippen molar-refractivity contribution in [3.05, 3.63) is 60.2 Å². The number of amides is 1. The molecule has 1 unspecified atom stereocenters. The fourth-order valence-electron chi connectivity index (χ4n) is 6.77. The number of hydrogen-bond donors (Lipinski definition) is 2. The average Bonchev–Trinajstić information content (AvgIpc) is 3.15. The summed E-state index contributed by atoms with van der Waals surface area (Å²) in [6, 6.07) is 18.1. The second-order valence-electron chi connectivity index (χ2n) is 15.0. The van der Waals surface area contributed by atoms with Crippen LogP contribution in [0.1, 0.15) is 174 Å². The normalized spacial score (nSPS) is 12.6. The fraction of sp³-hybridized carbons (Fsp3) is 0.717. The standard InChI is InChI=1S/C46H78N2O3/c1-3-5-7-9-11-13-15-17-19-21-23-28-36-50-40-44(51-37-29-24-22-20-18-16-14-12-10-8-6-4-2)39-48-46(49)45(47)38-41-32-34-43(35-33-41)42-30-26-25-27-31-42/h25-27,30-35,44-45H,3-24,28-29,36-40,47H2,1-2H3,(H,48,49)/t44?,45-/m0/s1. The van der Waals surface area contributed by atoms with Gasteiger partial charge >= 0.3 is 0 Å². The minimum atomic E-state index is -0.605. The molecule has 290 valence electrons. The highest BCUT2D eigenvalue weighted by Crippen LogP contribution is 2.20. The van der Waals surface area contributed by atoms with Crippen LogP contribution in [0.2, 0.25) is 0 Å². The summed E-state index contributed by atoms with van der Waals surface area (Å²) in [5.41, 5.74) is 9.76. The first kappa shape index (κ1) is 44.9. The number of rotatable bonds is 35. The second kappa shape index (κ2) is 32.4. The third-order valence-corrected chi connectivity index (χ3v) is 10.2. The van der Waals surface area contributed by atoms with E-state index in [9.17, 15) is 4.79 Å². The molecular formula is C46H78N2O3. The number of carbonyl (C=O) groups is 1. The summed E-state index contributed by atoms with van der Waals surface area (Å²) in [6.07, 6.45) is 32.3. The molecule has 0 aliphatic heterocycles. The third kappa shape index (κ3) is 24.6. The Morgan fingerprint density at radius 3 is 1.49 bits per heavy atom. The van der Waals surface area contributed by atoms with Crippen molar-refractivity contribution in [1.29, 1.82) is 0 Å². The van der Waals surface area contributed by atoms with Crippen LogP contribution < -0.4 is 11.1 Å². The summed E-state index contributed by atoms with van der Waals surface area (Å²) in [6.45, 7) is 6.96. The highest BCUT2D eigenvalue weighted by molar-refractivity contribution is 5.81. The van der Waals surface area contributed by atoms with Crippen LogP contribution in [0.25, 0.3) is 11.1 Å². The van der Waals surface area contributed by atoms with Crippen LogP contribution in [0.15, 0.2) is 54.6 Å². The minimum absolute atomic E-state index is 0.137. The van der Waals surface area contributed by atoms with Gasteiger partial charge in [-0.05, 0) is 36.0 Å². The summed E-state index contributed by atoms with van der Waals surface area (Å²) >= 11 is 0. The Labute approximate surface area is 314 Å². The van der Waals surface area contributed by atoms with E-state index in [4.69, 9.17) is 15.2 Å². The summed E-state index contributed by atoms with van der Waals surface area (Å²) < 4.78 is 12.4. The molecule has 2 aromatic carbocycles. The molecule has 0 radical (unpaired) electrons. The largest absolute Gasteiger partial charge is 0.379 e. The lowest BCUT2D eigenvalue weighted by atomic mass is 10.0. The van der Waals surface area contributed by atoms with Crippen LogP contribution in [0.4, 0.5) is 0 Å². The van der Waals surface area contributed by atoms with Crippen molar-refractivity contribution < 1.29 is 14.3 Å². The predicted molar refractivity (Wildman–Crippen MR) is 219 cm³/mol. The Kier molecular flexibility index (Phi) is 28.6. The van der Waals surface area contributed by atoms with E-state index >= 15 is 0 Å². The SMILES string of the molecule is CCCCCCCCCCCCCCOCC(CNC(=O)[C@@H](N)Cc1ccc(-c2ccccc2)cc1)OCCCCCCCCCCCCCC. The van der Waals surface area contributed by atoms with Crippen molar-refractivity contribution in [1.82, 2.24) is 5.32 Å². The summed E-state index contributed by atoms with van der Waals surface area (Å²) in [7, 11) is 0. The number of carbonyl (C=O) groups excluding carboxylic acids is 1. The predicted octanol–water partition coefficient (Wildman–Crippen LogP) is 12.1. The Bertz CT molecular complexity index is 1040. The zero-order valence-corrected chi connectivity index (χ0v) is 33.2. The molecule has 0 fully saturated rings. The van der Waals surface area contributed by atoms with Crippen LogP contribution in [-0.4, -0.2) is 44.4 Å². The maximum absolute atomic E-state index is 13.0. The molecule has 2 aromatic rings. The second-order valence-corrected chi connectivity index (χ2v) is 15.0. The molecule has 1 amide bonds. The molecule has 51 heavy (non-hydrogen) atoms. The molecule has 0 aliphatic rings. The van der Waals surface area contributed by atoms with E-state index in [-0.39, 0.29) is 12.0 Å². The van der Waals surface area contributed by atoms with Gasteiger partial charge in [0.2, 0.25) is 5.91 Å². The lowest BCUT2D eigenvalue weighted by Gasteiger charge is -2.20. The molecule has 5 nitrogen and oxygen atoms in total. The molecule has 0 aliphatic carbocycles. The first-order valence-electron chi connectivity index (χ1n) is 21.5. The molecule has 0 saturated carbocycles. The third-order valence-electron chi connectivity index (χ3n) is 10.2. The topological polar surface area (TPSA) is 73.6 Å². The highest BCUT2D eigenvalue weighted by atomic mass is 16.5. The van der Waals surface area contributed by atoms with Crippen LogP contribution in [0.3, 0.4) is 0 Å². The monoisotopic (exact) mass is 707 g/mol. The van der Waals surface area contributed by atoms with Gasteiger partial charge in [-0.3, -0.25) is 4.79 Å². The van der Waals surface area contributed by atoms with Gasteiger partial charge in [-0.1, -0.05) is 210 Å². The van der Waals surface area contributed by atoms with Crippen molar-refractivity contribution in [3.63, 3.8) is 0 Å². The van der Waals surface area contributed by atoms with Gasteiger partial charge in [0.15, 0.2) is 0 Å². The van der Waals surface area contributed by atoms with Gasteiger partial charge in [-0.2, -0.15) is 0 Å². The summed E-state index contributed by atoms with van der Waals surface area (Å²) in [5, 5.41) is 3.07. The molecule has 0 bridgehead atoms. The van der Waals surface area contributed by atoms with Crippen molar-refractivity contribution in [2.24, 2.45) is 5.73 Å². The quantitative estimate of drug-likeness (QED) is 0.0700. The van der Waals surface area contributed by atoms with Gasteiger partial charge < -0.3 is 20.5 Å². The molecule has 2 atom stereocenters. The number of ether oxygens (including phenoxy) is 2. The zero-order valence-electron chi connectivity index (χ0n) is 33.2. The van der Waals surface area contributed by atoms with E-state index < -0.39 is 6.04 Å². The van der Waals surface area contributed by atoms with Crippen molar-refractivity contribution in [2.75, 3.05) is 26.4 Å². The average molecular weight is 707 g/mol. The fourth-order valence-corrected chi connectivity index (χ4v) is 6.77. The molecule has 3 N–H and O–H groups in total. The maximum atomic E-state index is 13.0. The molecule has 0 heterocycles. The zero-order chi connectivity index (χ0) is 36.5. The Balaban J connectivity index is 1.65. The molecule has 0 spiro atoms. The summed E-state index contributed by atoms with van der Waals surface area (Å²) in [5.74, 6) is -0.137. The highest BCUT2D eigenvalue weighted by Gasteiger charge is 2.17. The van der Waals surface area contributed by atoms with E-state index in [0.717, 1.165) is 30.6 Å². The van der Waals surface area contributed by atoms with Crippen LogP contribution in [0.5, 0.6) is 0 Å². The lowest BCUT2D eigenvalue weighted by molar-refractivity contribution is -0.123. The number of hydrogen-bond acceptors (Lipinski definition) is 4. The number of nitrogens with two attached hydrogens (primary N) is 1. The Hall–Kier alpha value is -2.21. The minimum Gasteiger partial charge on any atom is -0.379 e. The van der Waals surface area contributed by atoms with Gasteiger partial charge in [-0.25, -0.2) is 0 Å². The van der Waals surface area contributed by atoms with Crippen LogP contribution in [0, 0.1) is 0 Å². The van der Waals surface area contributed by atoms with Gasteiger partial charge in [0.05, 0.1) is 18.8 Å². The van der Waals surface area contributed by atoms with E-state index in [1.54, 1.807) is 0 Å². The lowest BCUT2D eigenvalue weighted by Crippen LogP contribution is -2.45. The molecule has 0 aromatic heterocycles. The Morgan fingerprint density at radius 1 is 0.569 bits per heavy atom.